The summed E-state index contributed by atoms with van der Waals surface area (Å²) in [7, 11) is 0. The van der Waals surface area contributed by atoms with Crippen molar-refractivity contribution >= 4 is 46.7 Å². The minimum atomic E-state index is -0.576. The third kappa shape index (κ3) is 8.88. The van der Waals surface area contributed by atoms with Gasteiger partial charge in [0.15, 0.2) is 6.61 Å². The number of nitrogens with one attached hydrogen (secondary N) is 2. The van der Waals surface area contributed by atoms with Gasteiger partial charge in [-0.15, -0.1) is 0 Å². The van der Waals surface area contributed by atoms with Gasteiger partial charge < -0.3 is 20.1 Å². The highest BCUT2D eigenvalue weighted by Crippen LogP contribution is 2.15. The van der Waals surface area contributed by atoms with Gasteiger partial charge in [0.25, 0.3) is 5.91 Å². The first kappa shape index (κ1) is 23.9. The molecule has 0 aliphatic heterocycles. The average Bonchev–Trinajstić information content (AvgIpc) is 2.73. The Balaban J connectivity index is 1.64. The zero-order valence-electron chi connectivity index (χ0n) is 17.0. The molecule has 2 rings (SSSR count). The number of anilines is 2. The largest absolute Gasteiger partial charge is 0.462 e. The monoisotopic (exact) mass is 446 g/mol. The van der Waals surface area contributed by atoms with Crippen LogP contribution < -0.4 is 10.6 Å². The fourth-order valence-corrected chi connectivity index (χ4v) is 2.69. The molecule has 9 heteroatoms. The molecule has 0 radical (unpaired) electrons. The molecule has 164 valence electrons. The highest BCUT2D eigenvalue weighted by atomic mass is 35.5. The van der Waals surface area contributed by atoms with Crippen molar-refractivity contribution in [2.45, 2.75) is 26.2 Å². The molecule has 0 unspecified atom stereocenters. The van der Waals surface area contributed by atoms with E-state index in [4.69, 9.17) is 21.1 Å². The topological polar surface area (TPSA) is 111 Å². The number of hydrogen-bond donors (Lipinski definition) is 2. The van der Waals surface area contributed by atoms with Gasteiger partial charge in [0.2, 0.25) is 5.91 Å². The van der Waals surface area contributed by atoms with Crippen LogP contribution in [0.2, 0.25) is 5.02 Å². The summed E-state index contributed by atoms with van der Waals surface area (Å²) in [6.07, 6.45) is 0.366. The van der Waals surface area contributed by atoms with E-state index >= 15 is 0 Å². The molecule has 0 bridgehead atoms. The van der Waals surface area contributed by atoms with Gasteiger partial charge in [-0.25, -0.2) is 4.79 Å². The SMILES string of the molecule is CCOC(=O)c1ccc(NC(=O)CCCC(=O)OCC(=O)Nc2cccc(Cl)c2)cc1. The molecule has 2 aromatic carbocycles. The van der Waals surface area contributed by atoms with E-state index in [1.807, 2.05) is 0 Å². The molecule has 0 aliphatic rings. The fourth-order valence-electron chi connectivity index (χ4n) is 2.50. The summed E-state index contributed by atoms with van der Waals surface area (Å²) in [4.78, 5) is 47.1. The highest BCUT2D eigenvalue weighted by Gasteiger charge is 2.11. The van der Waals surface area contributed by atoms with Gasteiger partial charge in [-0.1, -0.05) is 17.7 Å². The van der Waals surface area contributed by atoms with Crippen molar-refractivity contribution in [2.75, 3.05) is 23.8 Å². The van der Waals surface area contributed by atoms with E-state index in [-0.39, 0.29) is 31.8 Å². The van der Waals surface area contributed by atoms with Gasteiger partial charge in [0.1, 0.15) is 0 Å². The maximum absolute atomic E-state index is 12.0. The summed E-state index contributed by atoms with van der Waals surface area (Å²) >= 11 is 5.83. The lowest BCUT2D eigenvalue weighted by Gasteiger charge is -2.08. The summed E-state index contributed by atoms with van der Waals surface area (Å²) in [5.74, 6) is -1.78. The summed E-state index contributed by atoms with van der Waals surface area (Å²) in [6.45, 7) is 1.58. The average molecular weight is 447 g/mol. The van der Waals surface area contributed by atoms with Crippen LogP contribution in [0.1, 0.15) is 36.5 Å². The molecular weight excluding hydrogens is 424 g/mol. The maximum Gasteiger partial charge on any atom is 0.338 e. The summed E-state index contributed by atoms with van der Waals surface area (Å²) in [5.41, 5.74) is 1.42. The minimum Gasteiger partial charge on any atom is -0.462 e. The van der Waals surface area contributed by atoms with Crippen LogP contribution in [-0.4, -0.2) is 37.0 Å². The predicted octanol–water partition coefficient (Wildman–Crippen LogP) is 3.81. The zero-order chi connectivity index (χ0) is 22.6. The van der Waals surface area contributed by atoms with Gasteiger partial charge >= 0.3 is 11.9 Å². The molecule has 8 nitrogen and oxygen atoms in total. The number of hydrogen-bond acceptors (Lipinski definition) is 6. The van der Waals surface area contributed by atoms with Crippen molar-refractivity contribution in [1.29, 1.82) is 0 Å². The van der Waals surface area contributed by atoms with Gasteiger partial charge in [-0.05, 0) is 55.8 Å². The van der Waals surface area contributed by atoms with E-state index in [1.54, 1.807) is 55.5 Å². The van der Waals surface area contributed by atoms with E-state index in [1.165, 1.54) is 0 Å². The molecule has 0 aliphatic carbocycles. The third-order valence-electron chi connectivity index (χ3n) is 3.94. The van der Waals surface area contributed by atoms with Crippen molar-refractivity contribution in [3.05, 3.63) is 59.1 Å². The first-order chi connectivity index (χ1) is 14.9. The van der Waals surface area contributed by atoms with Crippen LogP contribution in [0.5, 0.6) is 0 Å². The second-order valence-electron chi connectivity index (χ2n) is 6.42. The third-order valence-corrected chi connectivity index (χ3v) is 4.17. The maximum atomic E-state index is 12.0. The number of amides is 2. The fraction of sp³-hybridized carbons (Fsp3) is 0.273. The first-order valence-electron chi connectivity index (χ1n) is 9.65. The van der Waals surface area contributed by atoms with E-state index in [0.717, 1.165) is 0 Å². The highest BCUT2D eigenvalue weighted by molar-refractivity contribution is 6.30. The summed E-state index contributed by atoms with van der Waals surface area (Å²) < 4.78 is 9.80. The Morgan fingerprint density at radius 3 is 2.26 bits per heavy atom. The number of esters is 2. The van der Waals surface area contributed by atoms with Crippen LogP contribution in [0.3, 0.4) is 0 Å². The summed E-state index contributed by atoms with van der Waals surface area (Å²) in [5, 5.41) is 5.72. The lowest BCUT2D eigenvalue weighted by atomic mass is 10.2. The number of rotatable bonds is 10. The Kier molecular flexibility index (Phi) is 9.51. The Morgan fingerprint density at radius 1 is 0.871 bits per heavy atom. The predicted molar refractivity (Wildman–Crippen MR) is 116 cm³/mol. The van der Waals surface area contributed by atoms with Crippen LogP contribution in [-0.2, 0) is 23.9 Å². The van der Waals surface area contributed by atoms with Crippen molar-refractivity contribution in [1.82, 2.24) is 0 Å². The molecule has 0 fully saturated rings. The molecule has 2 amide bonds. The number of benzene rings is 2. The normalized spacial score (nSPS) is 10.1. The lowest BCUT2D eigenvalue weighted by Crippen LogP contribution is -2.21. The van der Waals surface area contributed by atoms with Crippen LogP contribution in [0.15, 0.2) is 48.5 Å². The van der Waals surface area contributed by atoms with Crippen LogP contribution in [0, 0.1) is 0 Å². The lowest BCUT2D eigenvalue weighted by molar-refractivity contribution is -0.147. The molecule has 0 aromatic heterocycles. The quantitative estimate of drug-likeness (QED) is 0.537. The summed E-state index contributed by atoms with van der Waals surface area (Å²) in [6, 6.07) is 12.9. The molecule has 0 heterocycles. The molecule has 0 atom stereocenters. The Bertz CT molecular complexity index is 930. The molecule has 0 spiro atoms. The Hall–Kier alpha value is -3.39. The Labute approximate surface area is 184 Å². The number of carbonyl (C=O) groups excluding carboxylic acids is 4. The standard InChI is InChI=1S/C22H23ClN2O6/c1-2-30-22(29)15-9-11-17(12-10-15)24-19(26)7-4-8-21(28)31-14-20(27)25-18-6-3-5-16(23)13-18/h3,5-6,9-13H,2,4,7-8,14H2,1H3,(H,24,26)(H,25,27). The van der Waals surface area contributed by atoms with Gasteiger partial charge in [-0.2, -0.15) is 0 Å². The van der Waals surface area contributed by atoms with Crippen molar-refractivity contribution in [2.24, 2.45) is 0 Å². The smallest absolute Gasteiger partial charge is 0.338 e. The molecule has 2 aromatic rings. The second kappa shape index (κ2) is 12.3. The van der Waals surface area contributed by atoms with Crippen molar-refractivity contribution < 1.29 is 28.7 Å². The first-order valence-corrected chi connectivity index (χ1v) is 10.0. The van der Waals surface area contributed by atoms with Crippen LogP contribution >= 0.6 is 11.6 Å². The van der Waals surface area contributed by atoms with Gasteiger partial charge in [0, 0.05) is 29.2 Å². The van der Waals surface area contributed by atoms with E-state index < -0.39 is 24.5 Å². The van der Waals surface area contributed by atoms with Gasteiger partial charge in [-0.3, -0.25) is 14.4 Å². The van der Waals surface area contributed by atoms with Gasteiger partial charge in [0.05, 0.1) is 12.2 Å². The molecule has 0 saturated heterocycles. The molecule has 0 saturated carbocycles. The molecule has 31 heavy (non-hydrogen) atoms. The number of ether oxygens (including phenoxy) is 2. The minimum absolute atomic E-state index is 0.000336. The second-order valence-corrected chi connectivity index (χ2v) is 6.86. The van der Waals surface area contributed by atoms with E-state index in [2.05, 4.69) is 10.6 Å². The van der Waals surface area contributed by atoms with Crippen molar-refractivity contribution in [3.8, 4) is 0 Å². The molecular formula is C22H23ClN2O6. The van der Waals surface area contributed by atoms with E-state index in [0.29, 0.717) is 22.0 Å². The Morgan fingerprint density at radius 2 is 1.58 bits per heavy atom. The number of carbonyl (C=O) groups is 4. The van der Waals surface area contributed by atoms with E-state index in [9.17, 15) is 19.2 Å². The van der Waals surface area contributed by atoms with Crippen LogP contribution in [0.25, 0.3) is 0 Å². The molecule has 2 N–H and O–H groups in total. The van der Waals surface area contributed by atoms with Crippen LogP contribution in [0.4, 0.5) is 11.4 Å². The zero-order valence-corrected chi connectivity index (χ0v) is 17.7. The number of halogens is 1. The van der Waals surface area contributed by atoms with Crippen molar-refractivity contribution in [3.63, 3.8) is 0 Å².